The van der Waals surface area contributed by atoms with Crippen LogP contribution in [0.25, 0.3) is 5.69 Å². The number of nitriles is 1. The largest absolute Gasteiger partial charge is 0.384 e. The zero-order valence-electron chi connectivity index (χ0n) is 20.6. The quantitative estimate of drug-likeness (QED) is 0.463. The van der Waals surface area contributed by atoms with Gasteiger partial charge in [0.2, 0.25) is 5.13 Å². The fourth-order valence-electron chi connectivity index (χ4n) is 5.03. The van der Waals surface area contributed by atoms with E-state index in [-0.39, 0.29) is 5.78 Å². The number of allylic oxidation sites excluding steroid dienone is 3. The standard InChI is InChI=1S/C26H27N7OS2/c1-14(2)35-26-30-29-25(36-26)32-19-11-8-12-20(34)23(19)22(18(13-27)24(32)28)21-15(3)31-33(16(21)4)17-9-6-5-7-10-17/h5-7,9-10,14,22H,8,11-12,28H2,1-4H3. The topological polar surface area (TPSA) is 114 Å². The Kier molecular flexibility index (Phi) is 6.45. The number of thioether (sulfide) groups is 1. The molecule has 2 aliphatic rings. The van der Waals surface area contributed by atoms with Crippen molar-refractivity contribution in [1.82, 2.24) is 20.0 Å². The van der Waals surface area contributed by atoms with Crippen molar-refractivity contribution in [3.05, 3.63) is 69.9 Å². The highest BCUT2D eigenvalue weighted by atomic mass is 32.2. The van der Waals surface area contributed by atoms with Crippen molar-refractivity contribution in [3.63, 3.8) is 0 Å². The molecule has 0 saturated carbocycles. The first-order chi connectivity index (χ1) is 17.3. The number of aromatic nitrogens is 4. The van der Waals surface area contributed by atoms with Crippen LogP contribution >= 0.6 is 23.1 Å². The molecule has 0 saturated heterocycles. The molecule has 0 bridgehead atoms. The first-order valence-electron chi connectivity index (χ1n) is 11.9. The minimum Gasteiger partial charge on any atom is -0.384 e. The van der Waals surface area contributed by atoms with Crippen LogP contribution in [-0.2, 0) is 4.79 Å². The molecule has 1 aliphatic carbocycles. The van der Waals surface area contributed by atoms with E-state index in [1.807, 2.05) is 48.9 Å². The maximum absolute atomic E-state index is 13.5. The van der Waals surface area contributed by atoms with Gasteiger partial charge in [0, 0.05) is 34.2 Å². The summed E-state index contributed by atoms with van der Waals surface area (Å²) >= 11 is 3.05. The van der Waals surface area contributed by atoms with E-state index in [9.17, 15) is 10.1 Å². The van der Waals surface area contributed by atoms with Crippen molar-refractivity contribution in [3.8, 4) is 11.8 Å². The van der Waals surface area contributed by atoms with E-state index < -0.39 is 5.92 Å². The fraction of sp³-hybridized carbons (Fsp3) is 0.346. The fourth-order valence-corrected chi connectivity index (χ4v) is 7.13. The van der Waals surface area contributed by atoms with Crippen LogP contribution < -0.4 is 10.6 Å². The van der Waals surface area contributed by atoms with Gasteiger partial charge in [0.25, 0.3) is 0 Å². The summed E-state index contributed by atoms with van der Waals surface area (Å²) in [5, 5.41) is 24.8. The summed E-state index contributed by atoms with van der Waals surface area (Å²) in [4.78, 5) is 15.3. The molecule has 10 heteroatoms. The molecule has 1 aliphatic heterocycles. The number of carbonyl (C=O) groups is 1. The molecule has 0 spiro atoms. The second-order valence-electron chi connectivity index (χ2n) is 9.17. The molecule has 184 valence electrons. The van der Waals surface area contributed by atoms with Gasteiger partial charge < -0.3 is 5.73 Å². The number of hydrogen-bond acceptors (Lipinski definition) is 9. The molecule has 0 amide bonds. The summed E-state index contributed by atoms with van der Waals surface area (Å²) < 4.78 is 2.70. The molecule has 0 radical (unpaired) electrons. The third kappa shape index (κ3) is 4.02. The SMILES string of the molecule is Cc1nn(-c2ccccc2)c(C)c1C1C(C#N)=C(N)N(c2nnc(SC(C)C)s2)C2=C1C(=O)CCC2. The molecule has 1 atom stereocenters. The number of ketones is 1. The van der Waals surface area contributed by atoms with Gasteiger partial charge in [-0.2, -0.15) is 10.4 Å². The lowest BCUT2D eigenvalue weighted by Gasteiger charge is -2.38. The third-order valence-corrected chi connectivity index (χ3v) is 8.47. The Morgan fingerprint density at radius 3 is 2.64 bits per heavy atom. The number of hydrogen-bond donors (Lipinski definition) is 1. The normalized spacial score (nSPS) is 18.2. The minimum atomic E-state index is -0.566. The third-order valence-electron chi connectivity index (χ3n) is 6.47. The number of anilines is 1. The summed E-state index contributed by atoms with van der Waals surface area (Å²) in [6, 6.07) is 12.2. The predicted molar refractivity (Wildman–Crippen MR) is 142 cm³/mol. The van der Waals surface area contributed by atoms with E-state index >= 15 is 0 Å². The number of Topliss-reactive ketones (excluding diaryl/α,β-unsaturated/α-hetero) is 1. The van der Waals surface area contributed by atoms with Gasteiger partial charge in [-0.15, -0.1) is 10.2 Å². The molecule has 3 aromatic rings. The summed E-state index contributed by atoms with van der Waals surface area (Å²) in [5.41, 5.74) is 11.9. The maximum Gasteiger partial charge on any atom is 0.219 e. The highest BCUT2D eigenvalue weighted by molar-refractivity contribution is 8.01. The monoisotopic (exact) mass is 517 g/mol. The number of benzene rings is 1. The minimum absolute atomic E-state index is 0.0408. The van der Waals surface area contributed by atoms with Crippen LogP contribution in [-0.4, -0.2) is 31.0 Å². The van der Waals surface area contributed by atoms with Crippen LogP contribution in [0.5, 0.6) is 0 Å². The van der Waals surface area contributed by atoms with Gasteiger partial charge in [0.1, 0.15) is 5.82 Å². The molecule has 0 fully saturated rings. The van der Waals surface area contributed by atoms with E-state index in [2.05, 4.69) is 30.1 Å². The molecule has 36 heavy (non-hydrogen) atoms. The molecule has 1 unspecified atom stereocenters. The lowest BCUT2D eigenvalue weighted by Crippen LogP contribution is -2.39. The summed E-state index contributed by atoms with van der Waals surface area (Å²) in [5.74, 6) is -0.220. The van der Waals surface area contributed by atoms with Crippen LogP contribution in [0.3, 0.4) is 0 Å². The second-order valence-corrected chi connectivity index (χ2v) is 11.9. The van der Waals surface area contributed by atoms with Crippen molar-refractivity contribution in [1.29, 1.82) is 5.26 Å². The highest BCUT2D eigenvalue weighted by Crippen LogP contribution is 2.48. The maximum atomic E-state index is 13.5. The zero-order valence-corrected chi connectivity index (χ0v) is 22.3. The molecule has 8 nitrogen and oxygen atoms in total. The first-order valence-corrected chi connectivity index (χ1v) is 13.6. The molecule has 1 aromatic carbocycles. The van der Waals surface area contributed by atoms with Crippen LogP contribution in [0, 0.1) is 25.2 Å². The highest BCUT2D eigenvalue weighted by Gasteiger charge is 2.43. The van der Waals surface area contributed by atoms with Gasteiger partial charge in [0.15, 0.2) is 10.1 Å². The molecule has 3 heterocycles. The number of nitrogens with zero attached hydrogens (tertiary/aromatic N) is 6. The zero-order chi connectivity index (χ0) is 25.6. The Labute approximate surface area is 218 Å². The smallest absolute Gasteiger partial charge is 0.219 e. The average Bonchev–Trinajstić information content (AvgIpc) is 3.42. The Morgan fingerprint density at radius 1 is 1.19 bits per heavy atom. The first kappa shape index (κ1) is 24.3. The summed E-state index contributed by atoms with van der Waals surface area (Å²) in [7, 11) is 0. The number of rotatable bonds is 5. The van der Waals surface area contributed by atoms with E-state index in [0.29, 0.717) is 40.2 Å². The Morgan fingerprint density at radius 2 is 1.94 bits per heavy atom. The van der Waals surface area contributed by atoms with Gasteiger partial charge in [-0.1, -0.05) is 55.1 Å². The predicted octanol–water partition coefficient (Wildman–Crippen LogP) is 5.15. The molecular formula is C26H27N7OS2. The molecule has 5 rings (SSSR count). The summed E-state index contributed by atoms with van der Waals surface area (Å²) in [6.07, 6.45) is 1.84. The summed E-state index contributed by atoms with van der Waals surface area (Å²) in [6.45, 7) is 8.10. The number of aryl methyl sites for hydroxylation is 1. The number of para-hydroxylation sites is 1. The van der Waals surface area contributed by atoms with E-state index in [4.69, 9.17) is 10.8 Å². The van der Waals surface area contributed by atoms with E-state index in [0.717, 1.165) is 39.1 Å². The number of nitrogens with two attached hydrogens (primary N) is 1. The van der Waals surface area contributed by atoms with Crippen LogP contribution in [0.1, 0.15) is 56.0 Å². The molecule has 2 aromatic heterocycles. The van der Waals surface area contributed by atoms with Crippen molar-refractivity contribution in [2.45, 2.75) is 62.5 Å². The van der Waals surface area contributed by atoms with E-state index in [1.54, 1.807) is 16.7 Å². The van der Waals surface area contributed by atoms with Gasteiger partial charge >= 0.3 is 0 Å². The lowest BCUT2D eigenvalue weighted by atomic mass is 9.75. The Balaban J connectivity index is 1.70. The molecular weight excluding hydrogens is 490 g/mol. The van der Waals surface area contributed by atoms with E-state index in [1.165, 1.54) is 11.3 Å². The van der Waals surface area contributed by atoms with Gasteiger partial charge in [-0.05, 0) is 38.8 Å². The number of carbonyl (C=O) groups excluding carboxylic acids is 1. The Bertz CT molecular complexity index is 1440. The second kappa shape index (κ2) is 9.56. The lowest BCUT2D eigenvalue weighted by molar-refractivity contribution is -0.116. The van der Waals surface area contributed by atoms with Gasteiger partial charge in [-0.3, -0.25) is 9.69 Å². The molecule has 2 N–H and O–H groups in total. The van der Waals surface area contributed by atoms with Crippen LogP contribution in [0.4, 0.5) is 5.13 Å². The van der Waals surface area contributed by atoms with Crippen molar-refractivity contribution in [2.75, 3.05) is 4.90 Å². The van der Waals surface area contributed by atoms with Gasteiger partial charge in [0.05, 0.1) is 28.9 Å². The van der Waals surface area contributed by atoms with Crippen molar-refractivity contribution in [2.24, 2.45) is 5.73 Å². The van der Waals surface area contributed by atoms with Crippen LogP contribution in [0.2, 0.25) is 0 Å². The van der Waals surface area contributed by atoms with Crippen molar-refractivity contribution < 1.29 is 4.79 Å². The van der Waals surface area contributed by atoms with Crippen LogP contribution in [0.15, 0.2) is 57.3 Å². The Hall–Kier alpha value is -3.42. The van der Waals surface area contributed by atoms with Gasteiger partial charge in [-0.25, -0.2) is 4.68 Å². The average molecular weight is 518 g/mol. The van der Waals surface area contributed by atoms with Crippen molar-refractivity contribution >= 4 is 34.0 Å².